The summed E-state index contributed by atoms with van der Waals surface area (Å²) < 4.78 is 18.9. The van der Waals surface area contributed by atoms with Crippen molar-refractivity contribution in [3.05, 3.63) is 89.2 Å². The Bertz CT molecular complexity index is 1240. The first-order chi connectivity index (χ1) is 17.2. The lowest BCUT2D eigenvalue weighted by molar-refractivity contribution is 0.215. The summed E-state index contributed by atoms with van der Waals surface area (Å²) in [6.07, 6.45) is 1.64. The Hall–Kier alpha value is -3.38. The summed E-state index contributed by atoms with van der Waals surface area (Å²) in [5.74, 6) is 0.787. The molecule has 0 aromatic heterocycles. The highest BCUT2D eigenvalue weighted by Gasteiger charge is 2.53. The van der Waals surface area contributed by atoms with Gasteiger partial charge in [-0.1, -0.05) is 45.0 Å². The quantitative estimate of drug-likeness (QED) is 0.429. The summed E-state index contributed by atoms with van der Waals surface area (Å²) in [5, 5.41) is 2.83. The molecule has 1 N–H and O–H groups in total. The minimum absolute atomic E-state index is 0.0601. The number of amides is 1. The summed E-state index contributed by atoms with van der Waals surface area (Å²) in [6.45, 7) is 8.48. The number of ether oxygens (including phenoxy) is 1. The predicted molar refractivity (Wildman–Crippen MR) is 142 cm³/mol. The molecule has 1 saturated heterocycles. The zero-order valence-electron chi connectivity index (χ0n) is 21.4. The number of anilines is 2. The average molecular weight is 488 g/mol. The molecule has 3 aromatic rings. The summed E-state index contributed by atoms with van der Waals surface area (Å²) in [4.78, 5) is 17.4. The van der Waals surface area contributed by atoms with Crippen molar-refractivity contribution in [2.24, 2.45) is 0 Å². The van der Waals surface area contributed by atoms with Crippen LogP contribution < -0.4 is 15.0 Å². The van der Waals surface area contributed by atoms with Crippen molar-refractivity contribution in [2.45, 2.75) is 51.1 Å². The number of benzene rings is 3. The number of rotatable bonds is 6. The minimum atomic E-state index is -0.493. The SMILES string of the molecule is CC(C)c1ccc(NC(=O)Oc2ccc3c(c2)[C@]2(C)CCN(CCc4ccc(F)cc4)[C@@H]2N3C)cc1. The molecule has 2 aliphatic heterocycles. The maximum atomic E-state index is 13.3. The Labute approximate surface area is 212 Å². The Kier molecular flexibility index (Phi) is 6.47. The molecule has 5 rings (SSSR count). The van der Waals surface area contributed by atoms with Crippen molar-refractivity contribution in [1.82, 2.24) is 4.90 Å². The summed E-state index contributed by atoms with van der Waals surface area (Å²) in [7, 11) is 2.14. The maximum absolute atomic E-state index is 13.3. The fourth-order valence-corrected chi connectivity index (χ4v) is 5.81. The van der Waals surface area contributed by atoms with Crippen molar-refractivity contribution >= 4 is 17.5 Å². The number of carbonyl (C=O) groups excluding carboxylic acids is 1. The molecule has 5 nitrogen and oxygen atoms in total. The third-order valence-corrected chi connectivity index (χ3v) is 7.80. The molecule has 36 heavy (non-hydrogen) atoms. The van der Waals surface area contributed by atoms with Gasteiger partial charge in [0.25, 0.3) is 0 Å². The zero-order valence-corrected chi connectivity index (χ0v) is 21.4. The van der Waals surface area contributed by atoms with Gasteiger partial charge in [0.2, 0.25) is 0 Å². The molecular weight excluding hydrogens is 453 g/mol. The molecule has 0 aliphatic carbocycles. The third kappa shape index (κ3) is 4.58. The van der Waals surface area contributed by atoms with Gasteiger partial charge in [-0.25, -0.2) is 9.18 Å². The van der Waals surface area contributed by atoms with Crippen molar-refractivity contribution in [1.29, 1.82) is 0 Å². The van der Waals surface area contributed by atoms with Gasteiger partial charge in [-0.15, -0.1) is 0 Å². The Morgan fingerprint density at radius 1 is 1.11 bits per heavy atom. The van der Waals surface area contributed by atoms with Gasteiger partial charge < -0.3 is 9.64 Å². The van der Waals surface area contributed by atoms with E-state index in [0.717, 1.165) is 31.5 Å². The highest BCUT2D eigenvalue weighted by molar-refractivity contribution is 5.86. The standard InChI is InChI=1S/C30H34FN3O2/c1-20(2)22-7-11-24(12-8-22)32-29(35)36-25-13-14-27-26(19-25)30(3)16-18-34(28(30)33(27)4)17-15-21-5-9-23(31)10-6-21/h5-14,19-20,28H,15-18H2,1-4H3,(H,32,35)/t28-,30-/m0/s1. The van der Waals surface area contributed by atoms with Crippen molar-refractivity contribution in [2.75, 3.05) is 30.4 Å². The van der Waals surface area contributed by atoms with Crippen LogP contribution in [0.1, 0.15) is 49.8 Å². The molecule has 2 atom stereocenters. The second kappa shape index (κ2) is 9.58. The summed E-state index contributed by atoms with van der Waals surface area (Å²) in [5.41, 5.74) is 5.41. The third-order valence-electron chi connectivity index (χ3n) is 7.80. The second-order valence-electron chi connectivity index (χ2n) is 10.5. The van der Waals surface area contributed by atoms with E-state index in [-0.39, 0.29) is 17.4 Å². The van der Waals surface area contributed by atoms with Gasteiger partial charge in [0.15, 0.2) is 0 Å². The van der Waals surface area contributed by atoms with Gasteiger partial charge in [0.05, 0.1) is 6.17 Å². The van der Waals surface area contributed by atoms with Crippen LogP contribution in [0.2, 0.25) is 0 Å². The van der Waals surface area contributed by atoms with Crippen LogP contribution in [0.4, 0.5) is 20.6 Å². The van der Waals surface area contributed by atoms with E-state index in [1.165, 1.54) is 28.9 Å². The molecule has 1 amide bonds. The lowest BCUT2D eigenvalue weighted by Gasteiger charge is -2.34. The first-order valence-corrected chi connectivity index (χ1v) is 12.7. The number of halogens is 1. The normalized spacial score (nSPS) is 20.9. The topological polar surface area (TPSA) is 44.8 Å². The number of likely N-dealkylation sites (tertiary alicyclic amines) is 1. The molecule has 0 unspecified atom stereocenters. The van der Waals surface area contributed by atoms with Crippen LogP contribution in [0.25, 0.3) is 0 Å². The van der Waals surface area contributed by atoms with Gasteiger partial charge in [-0.05, 0) is 77.9 Å². The molecule has 0 bridgehead atoms. The van der Waals surface area contributed by atoms with Gasteiger partial charge in [-0.3, -0.25) is 10.2 Å². The fourth-order valence-electron chi connectivity index (χ4n) is 5.81. The second-order valence-corrected chi connectivity index (χ2v) is 10.5. The fraction of sp³-hybridized carbons (Fsp3) is 0.367. The monoisotopic (exact) mass is 487 g/mol. The van der Waals surface area contributed by atoms with E-state index >= 15 is 0 Å². The van der Waals surface area contributed by atoms with E-state index in [2.05, 4.69) is 49.0 Å². The maximum Gasteiger partial charge on any atom is 0.417 e. The Morgan fingerprint density at radius 2 is 1.83 bits per heavy atom. The van der Waals surface area contributed by atoms with E-state index < -0.39 is 6.09 Å². The van der Waals surface area contributed by atoms with Crippen LogP contribution in [0.3, 0.4) is 0 Å². The predicted octanol–water partition coefficient (Wildman–Crippen LogP) is 6.54. The van der Waals surface area contributed by atoms with Crippen molar-refractivity contribution < 1.29 is 13.9 Å². The molecular formula is C30H34FN3O2. The van der Waals surface area contributed by atoms with Crippen LogP contribution in [0.5, 0.6) is 5.75 Å². The molecule has 6 heteroatoms. The van der Waals surface area contributed by atoms with Gasteiger partial charge >= 0.3 is 6.09 Å². The van der Waals surface area contributed by atoms with Crippen LogP contribution in [-0.4, -0.2) is 37.3 Å². The number of nitrogens with zero attached hydrogens (tertiary/aromatic N) is 2. The lowest BCUT2D eigenvalue weighted by atomic mass is 9.81. The van der Waals surface area contributed by atoms with Crippen LogP contribution in [-0.2, 0) is 11.8 Å². The number of hydrogen-bond acceptors (Lipinski definition) is 4. The number of likely N-dealkylation sites (N-methyl/N-ethyl adjacent to an activating group) is 1. The summed E-state index contributed by atoms with van der Waals surface area (Å²) >= 11 is 0. The molecule has 0 radical (unpaired) electrons. The molecule has 188 valence electrons. The highest BCUT2D eigenvalue weighted by Crippen LogP contribution is 2.52. The lowest BCUT2D eigenvalue weighted by Crippen LogP contribution is -2.47. The largest absolute Gasteiger partial charge is 0.417 e. The van der Waals surface area contributed by atoms with E-state index in [1.807, 2.05) is 48.5 Å². The smallest absolute Gasteiger partial charge is 0.410 e. The van der Waals surface area contributed by atoms with E-state index in [4.69, 9.17) is 4.74 Å². The number of fused-ring (bicyclic) bond motifs is 3. The zero-order chi connectivity index (χ0) is 25.4. The molecule has 0 saturated carbocycles. The van der Waals surface area contributed by atoms with Gasteiger partial charge in [-0.2, -0.15) is 0 Å². The number of hydrogen-bond donors (Lipinski definition) is 1. The molecule has 0 spiro atoms. The first kappa shape index (κ1) is 24.3. The number of nitrogens with one attached hydrogen (secondary N) is 1. The van der Waals surface area contributed by atoms with E-state index in [1.54, 1.807) is 0 Å². The molecule has 2 heterocycles. The Balaban J connectivity index is 1.27. The van der Waals surface area contributed by atoms with Crippen LogP contribution >= 0.6 is 0 Å². The van der Waals surface area contributed by atoms with Crippen LogP contribution in [0, 0.1) is 5.82 Å². The van der Waals surface area contributed by atoms with Crippen LogP contribution in [0.15, 0.2) is 66.7 Å². The minimum Gasteiger partial charge on any atom is -0.410 e. The molecule has 1 fully saturated rings. The van der Waals surface area contributed by atoms with E-state index in [0.29, 0.717) is 17.4 Å². The van der Waals surface area contributed by atoms with Crippen molar-refractivity contribution in [3.63, 3.8) is 0 Å². The van der Waals surface area contributed by atoms with Crippen molar-refractivity contribution in [3.8, 4) is 5.75 Å². The first-order valence-electron chi connectivity index (χ1n) is 12.7. The highest BCUT2D eigenvalue weighted by atomic mass is 19.1. The molecule has 3 aromatic carbocycles. The molecule has 2 aliphatic rings. The van der Waals surface area contributed by atoms with Gasteiger partial charge in [0, 0.05) is 36.9 Å². The van der Waals surface area contributed by atoms with E-state index in [9.17, 15) is 9.18 Å². The Morgan fingerprint density at radius 3 is 2.53 bits per heavy atom. The number of carbonyl (C=O) groups is 1. The summed E-state index contributed by atoms with van der Waals surface area (Å²) in [6, 6.07) is 20.6. The average Bonchev–Trinajstić information content (AvgIpc) is 3.30. The van der Waals surface area contributed by atoms with Gasteiger partial charge in [0.1, 0.15) is 11.6 Å².